The number of carbonyl (C=O) groups is 2. The van der Waals surface area contributed by atoms with Crippen molar-refractivity contribution in [3.05, 3.63) is 22.4 Å². The van der Waals surface area contributed by atoms with Crippen molar-refractivity contribution in [2.24, 2.45) is 0 Å². The lowest BCUT2D eigenvalue weighted by atomic mass is 10.0. The maximum absolute atomic E-state index is 12.0. The Hall–Kier alpha value is -1.40. The highest BCUT2D eigenvalue weighted by Gasteiger charge is 2.27. The van der Waals surface area contributed by atoms with Crippen molar-refractivity contribution in [1.82, 2.24) is 4.90 Å². The summed E-state index contributed by atoms with van der Waals surface area (Å²) >= 11 is 1.37. The first-order valence-electron chi connectivity index (χ1n) is 5.80. The van der Waals surface area contributed by atoms with Gasteiger partial charge in [0.1, 0.15) is 0 Å². The summed E-state index contributed by atoms with van der Waals surface area (Å²) in [6.07, 6.45) is 0.0237. The number of nitrogens with zero attached hydrogens (tertiary/aromatic N) is 1. The van der Waals surface area contributed by atoms with Crippen LogP contribution in [-0.2, 0) is 14.3 Å². The number of carbonyl (C=O) groups excluding carboxylic acids is 1. The van der Waals surface area contributed by atoms with Crippen LogP contribution in [0.1, 0.15) is 17.2 Å². The molecular formula is C12H15NO4S. The van der Waals surface area contributed by atoms with Crippen molar-refractivity contribution in [1.29, 1.82) is 0 Å². The molecule has 2 rings (SSSR count). The van der Waals surface area contributed by atoms with Crippen LogP contribution in [0.25, 0.3) is 0 Å². The van der Waals surface area contributed by atoms with Gasteiger partial charge in [-0.1, -0.05) is 6.07 Å². The molecule has 0 bridgehead atoms. The maximum Gasteiger partial charge on any atom is 0.312 e. The van der Waals surface area contributed by atoms with Gasteiger partial charge in [-0.3, -0.25) is 9.59 Å². The van der Waals surface area contributed by atoms with Gasteiger partial charge in [0.15, 0.2) is 0 Å². The predicted octanol–water partition coefficient (Wildman–Crippen LogP) is 1.17. The molecule has 0 saturated carbocycles. The third kappa shape index (κ3) is 3.08. The first kappa shape index (κ1) is 13.0. The number of morpholine rings is 1. The quantitative estimate of drug-likeness (QED) is 0.891. The van der Waals surface area contributed by atoms with Gasteiger partial charge in [0, 0.05) is 24.4 Å². The van der Waals surface area contributed by atoms with Gasteiger partial charge in [-0.2, -0.15) is 0 Å². The van der Waals surface area contributed by atoms with Crippen LogP contribution in [0.4, 0.5) is 0 Å². The minimum atomic E-state index is -0.945. The van der Waals surface area contributed by atoms with Crippen LogP contribution in [-0.4, -0.2) is 48.2 Å². The standard InChI is InChI=1S/C12H15NO4S/c14-11(13-3-5-17-6-4-13)8-9(12(15)16)10-2-1-7-18-10/h1-2,7,9H,3-6,8H2,(H,15,16). The third-order valence-electron chi connectivity index (χ3n) is 2.93. The van der Waals surface area contributed by atoms with E-state index in [1.54, 1.807) is 17.0 Å². The molecule has 2 heterocycles. The predicted molar refractivity (Wildman–Crippen MR) is 66.7 cm³/mol. The fraction of sp³-hybridized carbons (Fsp3) is 0.500. The Morgan fingerprint density at radius 3 is 2.72 bits per heavy atom. The average Bonchev–Trinajstić information content (AvgIpc) is 2.90. The van der Waals surface area contributed by atoms with Gasteiger partial charge < -0.3 is 14.7 Å². The summed E-state index contributed by atoms with van der Waals surface area (Å²) in [4.78, 5) is 25.6. The van der Waals surface area contributed by atoms with E-state index >= 15 is 0 Å². The first-order chi connectivity index (χ1) is 8.68. The Kier molecular flexibility index (Phi) is 4.33. The summed E-state index contributed by atoms with van der Waals surface area (Å²) in [5.74, 6) is -1.79. The van der Waals surface area contributed by atoms with Crippen LogP contribution in [0, 0.1) is 0 Å². The maximum atomic E-state index is 12.0. The molecule has 1 aromatic rings. The molecule has 1 aromatic heterocycles. The summed E-state index contributed by atoms with van der Waals surface area (Å²) in [6.45, 7) is 2.16. The van der Waals surface area contributed by atoms with Crippen LogP contribution >= 0.6 is 11.3 Å². The van der Waals surface area contributed by atoms with Crippen molar-refractivity contribution >= 4 is 23.2 Å². The smallest absolute Gasteiger partial charge is 0.312 e. The zero-order valence-electron chi connectivity index (χ0n) is 9.87. The number of thiophene rings is 1. The average molecular weight is 269 g/mol. The van der Waals surface area contributed by atoms with Crippen molar-refractivity contribution in [2.75, 3.05) is 26.3 Å². The fourth-order valence-corrected chi connectivity index (χ4v) is 2.74. The van der Waals surface area contributed by atoms with Crippen molar-refractivity contribution < 1.29 is 19.4 Å². The van der Waals surface area contributed by atoms with E-state index in [0.717, 1.165) is 4.88 Å². The topological polar surface area (TPSA) is 66.8 Å². The number of carboxylic acid groups (broad SMARTS) is 1. The third-order valence-corrected chi connectivity index (χ3v) is 3.91. The van der Waals surface area contributed by atoms with Gasteiger partial charge in [-0.25, -0.2) is 0 Å². The Labute approximate surface area is 109 Å². The SMILES string of the molecule is O=C(O)C(CC(=O)N1CCOCC1)c1cccs1. The Morgan fingerprint density at radius 2 is 2.17 bits per heavy atom. The van der Waals surface area contributed by atoms with Gasteiger partial charge in [0.2, 0.25) is 5.91 Å². The van der Waals surface area contributed by atoms with E-state index in [1.165, 1.54) is 11.3 Å². The second-order valence-corrected chi connectivity index (χ2v) is 5.08. The van der Waals surface area contributed by atoms with Gasteiger partial charge >= 0.3 is 5.97 Å². The number of carboxylic acids is 1. The molecule has 1 unspecified atom stereocenters. The number of rotatable bonds is 4. The van der Waals surface area contributed by atoms with Crippen LogP contribution in [0.5, 0.6) is 0 Å². The highest BCUT2D eigenvalue weighted by atomic mass is 32.1. The zero-order valence-corrected chi connectivity index (χ0v) is 10.7. The number of amides is 1. The van der Waals surface area contributed by atoms with Gasteiger partial charge in [-0.05, 0) is 11.4 Å². The number of ether oxygens (including phenoxy) is 1. The highest BCUT2D eigenvalue weighted by molar-refractivity contribution is 7.10. The van der Waals surface area contributed by atoms with Gasteiger partial charge in [0.05, 0.1) is 19.1 Å². The van der Waals surface area contributed by atoms with E-state index in [4.69, 9.17) is 4.74 Å². The molecule has 0 radical (unpaired) electrons. The Morgan fingerprint density at radius 1 is 1.44 bits per heavy atom. The summed E-state index contributed by atoms with van der Waals surface area (Å²) in [5, 5.41) is 11.0. The number of hydrogen-bond acceptors (Lipinski definition) is 4. The molecule has 1 aliphatic rings. The van der Waals surface area contributed by atoms with Gasteiger partial charge in [0.25, 0.3) is 0 Å². The largest absolute Gasteiger partial charge is 0.481 e. The molecule has 0 aliphatic carbocycles. The molecule has 6 heteroatoms. The monoisotopic (exact) mass is 269 g/mol. The molecule has 1 atom stereocenters. The van der Waals surface area contributed by atoms with E-state index in [9.17, 15) is 14.7 Å². The fourth-order valence-electron chi connectivity index (χ4n) is 1.92. The Bertz CT molecular complexity index is 412. The summed E-state index contributed by atoms with van der Waals surface area (Å²) in [6, 6.07) is 3.56. The second kappa shape index (κ2) is 5.97. The lowest BCUT2D eigenvalue weighted by Crippen LogP contribution is -2.41. The number of aliphatic carboxylic acids is 1. The molecular weight excluding hydrogens is 254 g/mol. The molecule has 98 valence electrons. The Balaban J connectivity index is 2.00. The van der Waals surface area contributed by atoms with Gasteiger partial charge in [-0.15, -0.1) is 11.3 Å². The minimum absolute atomic E-state index is 0.0237. The van der Waals surface area contributed by atoms with Crippen molar-refractivity contribution in [3.63, 3.8) is 0 Å². The van der Waals surface area contributed by atoms with E-state index in [0.29, 0.717) is 26.3 Å². The van der Waals surface area contributed by atoms with E-state index < -0.39 is 11.9 Å². The number of hydrogen-bond donors (Lipinski definition) is 1. The zero-order chi connectivity index (χ0) is 13.0. The molecule has 0 aromatic carbocycles. The van der Waals surface area contributed by atoms with E-state index in [-0.39, 0.29) is 12.3 Å². The van der Waals surface area contributed by atoms with Crippen LogP contribution in [0.15, 0.2) is 17.5 Å². The summed E-state index contributed by atoms with van der Waals surface area (Å²) < 4.78 is 5.17. The van der Waals surface area contributed by atoms with E-state index in [1.807, 2.05) is 5.38 Å². The van der Waals surface area contributed by atoms with Crippen molar-refractivity contribution in [3.8, 4) is 0 Å². The molecule has 0 spiro atoms. The minimum Gasteiger partial charge on any atom is -0.481 e. The lowest BCUT2D eigenvalue weighted by molar-refractivity contribution is -0.144. The van der Waals surface area contributed by atoms with Crippen LogP contribution in [0.2, 0.25) is 0 Å². The normalized spacial score (nSPS) is 17.4. The molecule has 1 amide bonds. The first-order valence-corrected chi connectivity index (χ1v) is 6.68. The molecule has 1 fully saturated rings. The molecule has 5 nitrogen and oxygen atoms in total. The lowest BCUT2D eigenvalue weighted by Gasteiger charge is -2.27. The molecule has 1 aliphatic heterocycles. The molecule has 18 heavy (non-hydrogen) atoms. The van der Waals surface area contributed by atoms with E-state index in [2.05, 4.69) is 0 Å². The second-order valence-electron chi connectivity index (χ2n) is 4.10. The summed E-state index contributed by atoms with van der Waals surface area (Å²) in [7, 11) is 0. The summed E-state index contributed by atoms with van der Waals surface area (Å²) in [5.41, 5.74) is 0. The van der Waals surface area contributed by atoms with Crippen LogP contribution < -0.4 is 0 Å². The highest BCUT2D eigenvalue weighted by Crippen LogP contribution is 2.25. The molecule has 1 saturated heterocycles. The van der Waals surface area contributed by atoms with Crippen molar-refractivity contribution in [2.45, 2.75) is 12.3 Å². The van der Waals surface area contributed by atoms with Crippen LogP contribution in [0.3, 0.4) is 0 Å². The molecule has 1 N–H and O–H groups in total.